The Balaban J connectivity index is 1.56. The summed E-state index contributed by atoms with van der Waals surface area (Å²) in [7, 11) is 4.31. The molecule has 1 saturated carbocycles. The van der Waals surface area contributed by atoms with Crippen LogP contribution >= 0.6 is 11.6 Å². The van der Waals surface area contributed by atoms with Crippen LogP contribution in [0.5, 0.6) is 5.75 Å². The van der Waals surface area contributed by atoms with Crippen molar-refractivity contribution in [1.29, 1.82) is 0 Å². The molecule has 0 radical (unpaired) electrons. The summed E-state index contributed by atoms with van der Waals surface area (Å²) in [5.74, 6) is -0.0685. The largest absolute Gasteiger partial charge is 0.507 e. The first kappa shape index (κ1) is 25.3. The Morgan fingerprint density at radius 3 is 2.51 bits per heavy atom. The van der Waals surface area contributed by atoms with Gasteiger partial charge in [0.1, 0.15) is 5.75 Å². The second-order valence-corrected chi connectivity index (χ2v) is 10.2. The van der Waals surface area contributed by atoms with Gasteiger partial charge in [-0.3, -0.25) is 4.79 Å². The molecule has 1 aliphatic carbocycles. The second-order valence-electron chi connectivity index (χ2n) is 9.79. The van der Waals surface area contributed by atoms with E-state index in [9.17, 15) is 9.90 Å². The first-order valence-corrected chi connectivity index (χ1v) is 12.7. The summed E-state index contributed by atoms with van der Waals surface area (Å²) < 4.78 is 1.90. The molecule has 0 saturated heterocycles. The van der Waals surface area contributed by atoms with Crippen molar-refractivity contribution in [2.24, 2.45) is 0 Å². The van der Waals surface area contributed by atoms with Crippen LogP contribution in [0.25, 0.3) is 5.52 Å². The van der Waals surface area contributed by atoms with Gasteiger partial charge in [0, 0.05) is 52.7 Å². The van der Waals surface area contributed by atoms with Gasteiger partial charge in [0.25, 0.3) is 5.91 Å². The normalized spacial score (nSPS) is 18.3. The fourth-order valence-electron chi connectivity index (χ4n) is 5.44. The number of imidazole rings is 1. The number of carbonyl (C=O) groups is 1. The van der Waals surface area contributed by atoms with E-state index in [1.807, 2.05) is 24.3 Å². The molecule has 1 amide bonds. The van der Waals surface area contributed by atoms with Crippen LogP contribution in [0.15, 0.2) is 30.7 Å². The minimum atomic E-state index is -0.212. The lowest BCUT2D eigenvalue weighted by Gasteiger charge is -2.40. The fraction of sp³-hybridized carbons (Fsp3) is 0.481. The molecule has 0 atom stereocenters. The summed E-state index contributed by atoms with van der Waals surface area (Å²) >= 11 is 6.53. The van der Waals surface area contributed by atoms with Crippen LogP contribution in [0.3, 0.4) is 0 Å². The van der Waals surface area contributed by atoms with Crippen molar-refractivity contribution >= 4 is 28.7 Å². The Bertz CT molecular complexity index is 1210. The highest BCUT2D eigenvalue weighted by Gasteiger charge is 2.28. The molecular weight excluding hydrogens is 462 g/mol. The van der Waals surface area contributed by atoms with Crippen molar-refractivity contribution in [3.05, 3.63) is 58.1 Å². The maximum absolute atomic E-state index is 13.3. The topological polar surface area (TPSA) is 73.1 Å². The number of anilines is 1. The average molecular weight is 498 g/mol. The van der Waals surface area contributed by atoms with Gasteiger partial charge >= 0.3 is 0 Å². The van der Waals surface area contributed by atoms with Gasteiger partial charge in [-0.1, -0.05) is 11.6 Å². The Kier molecular flexibility index (Phi) is 7.57. The monoisotopic (exact) mass is 497 g/mol. The van der Waals surface area contributed by atoms with Crippen molar-refractivity contribution in [1.82, 2.24) is 19.6 Å². The summed E-state index contributed by atoms with van der Waals surface area (Å²) in [6.07, 6.45) is 7.99. The quantitative estimate of drug-likeness (QED) is 0.483. The predicted molar refractivity (Wildman–Crippen MR) is 142 cm³/mol. The van der Waals surface area contributed by atoms with Gasteiger partial charge in [-0.15, -0.1) is 0 Å². The minimum Gasteiger partial charge on any atom is -0.507 e. The van der Waals surface area contributed by atoms with Crippen LogP contribution in [0, 0.1) is 13.8 Å². The number of fused-ring (bicyclic) bond motifs is 1. The summed E-state index contributed by atoms with van der Waals surface area (Å²) in [4.78, 5) is 22.2. The van der Waals surface area contributed by atoms with E-state index in [0.29, 0.717) is 28.2 Å². The third-order valence-corrected chi connectivity index (χ3v) is 7.70. The predicted octanol–water partition coefficient (Wildman–Crippen LogP) is 4.94. The molecular formula is C27H36ClN5O2. The lowest BCUT2D eigenvalue weighted by molar-refractivity contribution is 0.0950. The minimum absolute atomic E-state index is 0.143. The first-order valence-electron chi connectivity index (χ1n) is 12.4. The van der Waals surface area contributed by atoms with Crippen LogP contribution in [0.2, 0.25) is 5.02 Å². The smallest absolute Gasteiger partial charge is 0.251 e. The molecule has 35 heavy (non-hydrogen) atoms. The highest BCUT2D eigenvalue weighted by molar-refractivity contribution is 6.31. The number of nitrogens with zero attached hydrogens (tertiary/aromatic N) is 4. The van der Waals surface area contributed by atoms with Gasteiger partial charge in [-0.05, 0) is 84.3 Å². The molecule has 0 unspecified atom stereocenters. The van der Waals surface area contributed by atoms with Crippen molar-refractivity contribution in [3.63, 3.8) is 0 Å². The Labute approximate surface area is 212 Å². The molecule has 2 aromatic heterocycles. The fourth-order valence-corrected chi connectivity index (χ4v) is 5.65. The van der Waals surface area contributed by atoms with Crippen molar-refractivity contribution in [2.75, 3.05) is 25.5 Å². The number of hydrogen-bond donors (Lipinski definition) is 2. The molecule has 0 aliphatic heterocycles. The number of hydrogen-bond acceptors (Lipinski definition) is 5. The molecule has 0 spiro atoms. The maximum Gasteiger partial charge on any atom is 0.251 e. The highest BCUT2D eigenvalue weighted by Crippen LogP contribution is 2.34. The van der Waals surface area contributed by atoms with Gasteiger partial charge in [0.05, 0.1) is 18.0 Å². The highest BCUT2D eigenvalue weighted by atomic mass is 35.5. The second kappa shape index (κ2) is 10.5. The number of pyridine rings is 1. The molecule has 8 heteroatoms. The molecule has 2 N–H and O–H groups in total. The number of aromatic hydroxyl groups is 1. The number of benzene rings is 1. The van der Waals surface area contributed by atoms with Gasteiger partial charge in [-0.2, -0.15) is 0 Å². The van der Waals surface area contributed by atoms with Crippen LogP contribution in [-0.2, 0) is 6.54 Å². The lowest BCUT2D eigenvalue weighted by atomic mass is 9.89. The SMILES string of the molecule is CCN(c1cc(Cl)cc(C(=O)NCc2c(O)cc(C)n3cncc23)c1C)[C@H]1CC[C@H](N(C)C)CC1. The van der Waals surface area contributed by atoms with Gasteiger partial charge in [0.2, 0.25) is 0 Å². The summed E-state index contributed by atoms with van der Waals surface area (Å²) in [5, 5.41) is 14.0. The Hall–Kier alpha value is -2.77. The Morgan fingerprint density at radius 2 is 1.86 bits per heavy atom. The standard InChI is InChI=1S/C27H36ClN5O2/c1-6-32(21-9-7-20(8-10-21)31(4)5)24-13-19(28)12-22(18(24)3)27(35)30-14-23-25-15-29-16-33(25)17(2)11-26(23)34/h11-13,15-16,20-21,34H,6-10,14H2,1-5H3,(H,30,35)/t20-,21-. The van der Waals surface area contributed by atoms with Crippen molar-refractivity contribution in [3.8, 4) is 5.75 Å². The molecule has 188 valence electrons. The molecule has 1 aliphatic rings. The van der Waals surface area contributed by atoms with Gasteiger partial charge < -0.3 is 24.6 Å². The summed E-state index contributed by atoms with van der Waals surface area (Å²) in [5.41, 5.74) is 4.79. The van der Waals surface area contributed by atoms with E-state index in [4.69, 9.17) is 11.6 Å². The molecule has 0 bridgehead atoms. The van der Waals surface area contributed by atoms with Crippen LogP contribution in [0.4, 0.5) is 5.69 Å². The Morgan fingerprint density at radius 1 is 1.17 bits per heavy atom. The number of carbonyl (C=O) groups excluding carboxylic acids is 1. The van der Waals surface area contributed by atoms with E-state index in [2.05, 4.69) is 41.1 Å². The first-order chi connectivity index (χ1) is 16.7. The zero-order valence-electron chi connectivity index (χ0n) is 21.3. The average Bonchev–Trinajstić information content (AvgIpc) is 3.32. The number of amides is 1. The zero-order valence-corrected chi connectivity index (χ0v) is 22.1. The molecule has 1 aromatic carbocycles. The number of aromatic nitrogens is 2. The van der Waals surface area contributed by atoms with Crippen LogP contribution in [0.1, 0.15) is 59.8 Å². The molecule has 1 fully saturated rings. The maximum atomic E-state index is 13.3. The van der Waals surface area contributed by atoms with E-state index in [1.165, 1.54) is 12.8 Å². The summed E-state index contributed by atoms with van der Waals surface area (Å²) in [6, 6.07) is 6.46. The van der Waals surface area contributed by atoms with Gasteiger partial charge in [0.15, 0.2) is 0 Å². The van der Waals surface area contributed by atoms with E-state index in [0.717, 1.165) is 41.8 Å². The third kappa shape index (κ3) is 5.11. The number of halogens is 1. The van der Waals surface area contributed by atoms with Crippen molar-refractivity contribution < 1.29 is 9.90 Å². The third-order valence-electron chi connectivity index (χ3n) is 7.49. The van der Waals surface area contributed by atoms with E-state index < -0.39 is 0 Å². The van der Waals surface area contributed by atoms with Crippen LogP contribution < -0.4 is 10.2 Å². The van der Waals surface area contributed by atoms with Crippen molar-refractivity contribution in [2.45, 2.75) is 65.1 Å². The van der Waals surface area contributed by atoms with E-state index in [1.54, 1.807) is 24.7 Å². The van der Waals surface area contributed by atoms with E-state index in [-0.39, 0.29) is 18.2 Å². The number of rotatable bonds is 7. The van der Waals surface area contributed by atoms with E-state index >= 15 is 0 Å². The lowest BCUT2D eigenvalue weighted by Crippen LogP contribution is -2.42. The molecule has 2 heterocycles. The van der Waals surface area contributed by atoms with Crippen LogP contribution in [-0.4, -0.2) is 58.0 Å². The number of aryl methyl sites for hydroxylation is 1. The molecule has 3 aromatic rings. The molecule has 7 nitrogen and oxygen atoms in total. The zero-order chi connectivity index (χ0) is 25.3. The van der Waals surface area contributed by atoms with Gasteiger partial charge in [-0.25, -0.2) is 4.98 Å². The summed E-state index contributed by atoms with van der Waals surface area (Å²) in [6.45, 7) is 7.10. The molecule has 4 rings (SSSR count). The number of nitrogens with one attached hydrogen (secondary N) is 1.